The molecule has 168 valence electrons. The van der Waals surface area contributed by atoms with Gasteiger partial charge in [-0.15, -0.1) is 11.3 Å². The molecule has 0 saturated carbocycles. The van der Waals surface area contributed by atoms with Crippen LogP contribution < -0.4 is 15.7 Å². The fourth-order valence-corrected chi connectivity index (χ4v) is 4.45. The normalized spacial score (nSPS) is 10.8. The topological polar surface area (TPSA) is 94.8 Å². The van der Waals surface area contributed by atoms with E-state index in [1.54, 1.807) is 23.6 Å². The number of esters is 1. The number of ether oxygens (including phenoxy) is 2. The number of fused-ring (bicyclic) bond motifs is 1. The van der Waals surface area contributed by atoms with E-state index < -0.39 is 17.5 Å². The zero-order valence-corrected chi connectivity index (χ0v) is 19.1. The molecule has 2 aromatic heterocycles. The van der Waals surface area contributed by atoms with Crippen LogP contribution in [0, 0.1) is 0 Å². The minimum absolute atomic E-state index is 0.186. The van der Waals surface area contributed by atoms with Crippen LogP contribution in [-0.4, -0.2) is 26.1 Å². The molecule has 4 rings (SSSR count). The molecule has 0 aliphatic carbocycles. The van der Waals surface area contributed by atoms with E-state index in [0.29, 0.717) is 16.7 Å². The predicted molar refractivity (Wildman–Crippen MR) is 127 cm³/mol. The lowest BCUT2D eigenvalue weighted by Crippen LogP contribution is -2.21. The summed E-state index contributed by atoms with van der Waals surface area (Å²) in [6.07, 6.45) is 0.898. The highest BCUT2D eigenvalue weighted by molar-refractivity contribution is 7.15. The summed E-state index contributed by atoms with van der Waals surface area (Å²) < 4.78 is 15.5. The molecule has 2 heterocycles. The number of hydrogen-bond donors (Lipinski definition) is 1. The first-order chi connectivity index (χ1) is 16.0. The van der Waals surface area contributed by atoms with Gasteiger partial charge in [0.25, 0.3) is 5.91 Å². The molecule has 0 saturated heterocycles. The summed E-state index contributed by atoms with van der Waals surface area (Å²) in [5.41, 5.74) is 2.12. The Balaban J connectivity index is 1.72. The van der Waals surface area contributed by atoms with Crippen LogP contribution in [0.2, 0.25) is 0 Å². The van der Waals surface area contributed by atoms with Crippen molar-refractivity contribution in [3.63, 3.8) is 0 Å². The van der Waals surface area contributed by atoms with E-state index in [0.717, 1.165) is 12.0 Å². The van der Waals surface area contributed by atoms with Gasteiger partial charge in [-0.2, -0.15) is 0 Å². The van der Waals surface area contributed by atoms with E-state index in [1.807, 2.05) is 24.3 Å². The average Bonchev–Trinajstić information content (AvgIpc) is 3.26. The molecule has 0 spiro atoms. The van der Waals surface area contributed by atoms with Gasteiger partial charge in [-0.25, -0.2) is 9.59 Å². The maximum Gasteiger partial charge on any atom is 0.349 e. The average molecular weight is 464 g/mol. The molecule has 0 unspecified atom stereocenters. The second-order valence-corrected chi connectivity index (χ2v) is 8.06. The lowest BCUT2D eigenvalue weighted by molar-refractivity contribution is 0.0603. The first-order valence-electron chi connectivity index (χ1n) is 10.2. The van der Waals surface area contributed by atoms with Gasteiger partial charge in [-0.05, 0) is 29.7 Å². The van der Waals surface area contributed by atoms with Crippen molar-refractivity contribution in [2.45, 2.75) is 13.3 Å². The van der Waals surface area contributed by atoms with Crippen molar-refractivity contribution >= 4 is 39.2 Å². The molecule has 8 heteroatoms. The Kier molecular flexibility index (Phi) is 6.28. The Labute approximate surface area is 193 Å². The van der Waals surface area contributed by atoms with Crippen molar-refractivity contribution in [3.05, 3.63) is 81.0 Å². The molecule has 0 radical (unpaired) electrons. The van der Waals surface area contributed by atoms with Crippen LogP contribution in [0.25, 0.3) is 22.1 Å². The Morgan fingerprint density at radius 1 is 1.09 bits per heavy atom. The summed E-state index contributed by atoms with van der Waals surface area (Å²) in [5, 5.41) is 5.27. The highest BCUT2D eigenvalue weighted by Gasteiger charge is 2.24. The summed E-state index contributed by atoms with van der Waals surface area (Å²) in [7, 11) is 2.74. The standard InChI is InChI=1S/C25H21NO6S/c1-4-14-8-10-15(11-9-14)18-13-33-23(20(18)25(29)31-3)26-22(27)17-12-16-6-5-7-19(30-2)21(16)32-24(17)28/h5-13H,4H2,1-3H3,(H,26,27). The largest absolute Gasteiger partial charge is 0.493 e. The monoisotopic (exact) mass is 463 g/mol. The fraction of sp³-hybridized carbons (Fsp3) is 0.160. The number of amides is 1. The molecule has 0 atom stereocenters. The van der Waals surface area contributed by atoms with Gasteiger partial charge >= 0.3 is 11.6 Å². The zero-order valence-electron chi connectivity index (χ0n) is 18.3. The Bertz CT molecular complexity index is 1400. The maximum atomic E-state index is 13.0. The molecule has 7 nitrogen and oxygen atoms in total. The molecule has 0 aliphatic rings. The summed E-state index contributed by atoms with van der Waals surface area (Å²) >= 11 is 1.18. The highest BCUT2D eigenvalue weighted by atomic mass is 32.1. The Morgan fingerprint density at radius 3 is 2.52 bits per heavy atom. The SMILES string of the molecule is CCc1ccc(-c2csc(NC(=O)c3cc4cccc(OC)c4oc3=O)c2C(=O)OC)cc1. The zero-order chi connectivity index (χ0) is 23.5. The van der Waals surface area contributed by atoms with E-state index in [9.17, 15) is 14.4 Å². The van der Waals surface area contributed by atoms with Crippen LogP contribution in [0.1, 0.15) is 33.2 Å². The quantitative estimate of drug-likeness (QED) is 0.315. The van der Waals surface area contributed by atoms with Crippen LogP contribution in [0.15, 0.2) is 63.1 Å². The number of carbonyl (C=O) groups is 2. The van der Waals surface area contributed by atoms with Gasteiger partial charge in [0, 0.05) is 16.3 Å². The lowest BCUT2D eigenvalue weighted by atomic mass is 10.0. The fourth-order valence-electron chi connectivity index (χ4n) is 3.49. The van der Waals surface area contributed by atoms with Crippen LogP contribution in [0.5, 0.6) is 5.75 Å². The number of hydrogen-bond acceptors (Lipinski definition) is 7. The summed E-state index contributed by atoms with van der Waals surface area (Å²) in [6.45, 7) is 2.06. The predicted octanol–water partition coefficient (Wildman–Crippen LogP) is 5.13. The van der Waals surface area contributed by atoms with Crippen LogP contribution in [0.4, 0.5) is 5.00 Å². The van der Waals surface area contributed by atoms with Gasteiger partial charge < -0.3 is 19.2 Å². The number of thiophene rings is 1. The smallest absolute Gasteiger partial charge is 0.349 e. The number of para-hydroxylation sites is 1. The lowest BCUT2D eigenvalue weighted by Gasteiger charge is -2.09. The first-order valence-corrected chi connectivity index (χ1v) is 11.1. The van der Waals surface area contributed by atoms with E-state index >= 15 is 0 Å². The van der Waals surface area contributed by atoms with Crippen LogP contribution in [0.3, 0.4) is 0 Å². The van der Waals surface area contributed by atoms with Crippen molar-refractivity contribution in [3.8, 4) is 16.9 Å². The number of rotatable bonds is 6. The van der Waals surface area contributed by atoms with Gasteiger partial charge in [0.1, 0.15) is 16.1 Å². The molecule has 4 aromatic rings. The second kappa shape index (κ2) is 9.30. The second-order valence-electron chi connectivity index (χ2n) is 7.18. The Morgan fingerprint density at radius 2 is 1.85 bits per heavy atom. The van der Waals surface area contributed by atoms with Gasteiger partial charge in [-0.3, -0.25) is 4.79 Å². The summed E-state index contributed by atoms with van der Waals surface area (Å²) in [6, 6.07) is 14.4. The molecular weight excluding hydrogens is 442 g/mol. The maximum absolute atomic E-state index is 13.0. The Hall–Kier alpha value is -3.91. The van der Waals surface area contributed by atoms with Crippen molar-refractivity contribution in [2.75, 3.05) is 19.5 Å². The van der Waals surface area contributed by atoms with Crippen molar-refractivity contribution in [2.24, 2.45) is 0 Å². The van der Waals surface area contributed by atoms with E-state index in [2.05, 4.69) is 12.2 Å². The van der Waals surface area contributed by atoms with E-state index in [-0.39, 0.29) is 21.7 Å². The summed E-state index contributed by atoms with van der Waals surface area (Å²) in [4.78, 5) is 38.1. The van der Waals surface area contributed by atoms with Crippen molar-refractivity contribution in [1.29, 1.82) is 0 Å². The summed E-state index contributed by atoms with van der Waals surface area (Å²) in [5.74, 6) is -0.883. The molecule has 1 amide bonds. The number of benzene rings is 2. The van der Waals surface area contributed by atoms with Gasteiger partial charge in [-0.1, -0.05) is 43.3 Å². The third-order valence-corrected chi connectivity index (χ3v) is 6.16. The molecule has 0 aliphatic heterocycles. The molecular formula is C25H21NO6S. The highest BCUT2D eigenvalue weighted by Crippen LogP contribution is 2.36. The first kappa shape index (κ1) is 22.3. The van der Waals surface area contributed by atoms with Gasteiger partial charge in [0.05, 0.1) is 14.2 Å². The number of anilines is 1. The molecule has 2 aromatic carbocycles. The van der Waals surface area contributed by atoms with E-state index in [4.69, 9.17) is 13.9 Å². The number of nitrogens with one attached hydrogen (secondary N) is 1. The molecule has 1 N–H and O–H groups in total. The molecule has 33 heavy (non-hydrogen) atoms. The number of methoxy groups -OCH3 is 2. The van der Waals surface area contributed by atoms with Crippen LogP contribution in [-0.2, 0) is 11.2 Å². The number of aryl methyl sites for hydroxylation is 1. The van der Waals surface area contributed by atoms with Crippen molar-refractivity contribution < 1.29 is 23.5 Å². The molecule has 0 fully saturated rings. The number of carbonyl (C=O) groups excluding carboxylic acids is 2. The van der Waals surface area contributed by atoms with Gasteiger partial charge in [0.15, 0.2) is 11.3 Å². The minimum atomic E-state index is -0.809. The van der Waals surface area contributed by atoms with Gasteiger partial charge in [0.2, 0.25) is 0 Å². The van der Waals surface area contributed by atoms with Crippen LogP contribution >= 0.6 is 11.3 Å². The van der Waals surface area contributed by atoms with Crippen molar-refractivity contribution in [1.82, 2.24) is 0 Å². The third kappa shape index (κ3) is 4.25. The third-order valence-electron chi connectivity index (χ3n) is 5.27. The van der Waals surface area contributed by atoms with E-state index in [1.165, 1.54) is 37.2 Å². The molecule has 0 bridgehead atoms. The minimum Gasteiger partial charge on any atom is -0.493 e.